The summed E-state index contributed by atoms with van der Waals surface area (Å²) >= 11 is 1.55. The van der Waals surface area contributed by atoms with Crippen LogP contribution in [0.25, 0.3) is 0 Å². The molecule has 2 atom stereocenters. The maximum atomic E-state index is 13.8. The van der Waals surface area contributed by atoms with E-state index in [2.05, 4.69) is 10.6 Å². The second-order valence-corrected chi connectivity index (χ2v) is 7.58. The number of halogens is 1. The fourth-order valence-corrected chi connectivity index (χ4v) is 3.56. The summed E-state index contributed by atoms with van der Waals surface area (Å²) in [4.78, 5) is 12.9. The molecule has 1 aromatic rings. The fraction of sp³-hybridized carbons (Fsp3) is 0.562. The molecule has 1 aromatic carbocycles. The summed E-state index contributed by atoms with van der Waals surface area (Å²) in [5, 5.41) is 6.30. The van der Waals surface area contributed by atoms with E-state index in [-0.39, 0.29) is 29.3 Å². The molecule has 3 nitrogen and oxygen atoms in total. The number of fused-ring (bicyclic) bond motifs is 1. The van der Waals surface area contributed by atoms with Crippen molar-refractivity contribution in [3.05, 3.63) is 29.6 Å². The van der Waals surface area contributed by atoms with E-state index >= 15 is 0 Å². The zero-order valence-corrected chi connectivity index (χ0v) is 13.8. The minimum Gasteiger partial charge on any atom is -0.350 e. The molecular weight excluding hydrogens is 287 g/mol. The highest BCUT2D eigenvalue weighted by Crippen LogP contribution is 2.37. The summed E-state index contributed by atoms with van der Waals surface area (Å²) in [6.07, 6.45) is 0.897. The van der Waals surface area contributed by atoms with Crippen LogP contribution >= 0.6 is 11.8 Å². The first-order chi connectivity index (χ1) is 9.78. The third-order valence-corrected chi connectivity index (χ3v) is 4.53. The molecule has 0 saturated heterocycles. The molecule has 2 N–H and O–H groups in total. The van der Waals surface area contributed by atoms with Crippen LogP contribution < -0.4 is 10.6 Å². The summed E-state index contributed by atoms with van der Waals surface area (Å²) in [6.45, 7) is 7.72. The van der Waals surface area contributed by atoms with Gasteiger partial charge in [-0.3, -0.25) is 10.1 Å². The molecule has 5 heteroatoms. The van der Waals surface area contributed by atoms with Crippen LogP contribution in [0.2, 0.25) is 0 Å². The summed E-state index contributed by atoms with van der Waals surface area (Å²) < 4.78 is 13.8. The standard InChI is InChI=1S/C16H23FN2OS/c1-10(15(20)19-16(2,3)4)18-13-8-9-21-14-11(13)6-5-7-12(14)17/h5-7,10,13,18H,8-9H2,1-4H3,(H,19,20). The van der Waals surface area contributed by atoms with Crippen LogP contribution in [-0.2, 0) is 4.79 Å². The maximum Gasteiger partial charge on any atom is 0.237 e. The van der Waals surface area contributed by atoms with Crippen molar-refractivity contribution in [2.45, 2.75) is 56.6 Å². The van der Waals surface area contributed by atoms with Gasteiger partial charge in [0, 0.05) is 16.5 Å². The molecule has 2 unspecified atom stereocenters. The number of carbonyl (C=O) groups excluding carboxylic acids is 1. The molecule has 0 aromatic heterocycles. The average molecular weight is 310 g/mol. The van der Waals surface area contributed by atoms with Gasteiger partial charge in [-0.15, -0.1) is 11.8 Å². The van der Waals surface area contributed by atoms with Crippen molar-refractivity contribution in [3.8, 4) is 0 Å². The molecule has 116 valence electrons. The monoisotopic (exact) mass is 310 g/mol. The Balaban J connectivity index is 2.08. The molecule has 1 aliphatic heterocycles. The van der Waals surface area contributed by atoms with Crippen molar-refractivity contribution in [3.63, 3.8) is 0 Å². The van der Waals surface area contributed by atoms with Crippen molar-refractivity contribution in [1.82, 2.24) is 10.6 Å². The van der Waals surface area contributed by atoms with Gasteiger partial charge in [0.25, 0.3) is 0 Å². The first-order valence-electron chi connectivity index (χ1n) is 7.27. The zero-order valence-electron chi connectivity index (χ0n) is 13.0. The van der Waals surface area contributed by atoms with Crippen LogP contribution in [0.5, 0.6) is 0 Å². The Kier molecular flexibility index (Phi) is 4.94. The molecule has 0 bridgehead atoms. The van der Waals surface area contributed by atoms with Gasteiger partial charge in [-0.25, -0.2) is 4.39 Å². The van der Waals surface area contributed by atoms with Crippen LogP contribution in [-0.4, -0.2) is 23.2 Å². The quantitative estimate of drug-likeness (QED) is 0.900. The van der Waals surface area contributed by atoms with Crippen LogP contribution in [0.4, 0.5) is 4.39 Å². The highest BCUT2D eigenvalue weighted by Gasteiger charge is 2.27. The predicted octanol–water partition coefficient (Wildman–Crippen LogP) is 3.26. The number of amides is 1. The van der Waals surface area contributed by atoms with Crippen molar-refractivity contribution < 1.29 is 9.18 Å². The average Bonchev–Trinajstić information content (AvgIpc) is 2.38. The molecule has 1 heterocycles. The normalized spacial score (nSPS) is 19.8. The summed E-state index contributed by atoms with van der Waals surface area (Å²) in [5.74, 6) is 0.661. The Morgan fingerprint density at radius 2 is 2.14 bits per heavy atom. The van der Waals surface area contributed by atoms with E-state index in [4.69, 9.17) is 0 Å². The molecule has 0 fully saturated rings. The highest BCUT2D eigenvalue weighted by molar-refractivity contribution is 7.99. The summed E-state index contributed by atoms with van der Waals surface area (Å²) in [7, 11) is 0. The van der Waals surface area contributed by atoms with Gasteiger partial charge in [-0.05, 0) is 51.5 Å². The fourth-order valence-electron chi connectivity index (χ4n) is 2.41. The molecule has 1 amide bonds. The van der Waals surface area contributed by atoms with Crippen molar-refractivity contribution in [2.75, 3.05) is 5.75 Å². The van der Waals surface area contributed by atoms with Gasteiger partial charge < -0.3 is 5.32 Å². The molecule has 2 rings (SSSR count). The largest absolute Gasteiger partial charge is 0.350 e. The Hall–Kier alpha value is -1.07. The van der Waals surface area contributed by atoms with Gasteiger partial charge in [0.1, 0.15) is 5.82 Å². The third-order valence-electron chi connectivity index (χ3n) is 3.37. The van der Waals surface area contributed by atoms with Gasteiger partial charge in [0.15, 0.2) is 0 Å². The summed E-state index contributed by atoms with van der Waals surface area (Å²) in [6, 6.07) is 4.88. The van der Waals surface area contributed by atoms with Crippen LogP contribution in [0, 0.1) is 5.82 Å². The lowest BCUT2D eigenvalue weighted by Gasteiger charge is -2.30. The topological polar surface area (TPSA) is 41.1 Å². The Morgan fingerprint density at radius 1 is 1.43 bits per heavy atom. The van der Waals surface area contributed by atoms with E-state index in [1.807, 2.05) is 33.8 Å². The van der Waals surface area contributed by atoms with Gasteiger partial charge >= 0.3 is 0 Å². The molecule has 1 aliphatic rings. The van der Waals surface area contributed by atoms with Crippen LogP contribution in [0.1, 0.15) is 45.7 Å². The lowest BCUT2D eigenvalue weighted by molar-refractivity contribution is -0.124. The second kappa shape index (κ2) is 6.36. The molecule has 21 heavy (non-hydrogen) atoms. The van der Waals surface area contributed by atoms with Gasteiger partial charge in [-0.1, -0.05) is 12.1 Å². The lowest BCUT2D eigenvalue weighted by atomic mass is 10.0. The van der Waals surface area contributed by atoms with E-state index < -0.39 is 0 Å². The number of hydrogen-bond donors (Lipinski definition) is 2. The van der Waals surface area contributed by atoms with Crippen molar-refractivity contribution in [2.24, 2.45) is 0 Å². The second-order valence-electron chi connectivity index (χ2n) is 6.48. The molecule has 0 radical (unpaired) electrons. The smallest absolute Gasteiger partial charge is 0.237 e. The van der Waals surface area contributed by atoms with E-state index in [0.717, 1.165) is 17.7 Å². The highest BCUT2D eigenvalue weighted by atomic mass is 32.2. The summed E-state index contributed by atoms with van der Waals surface area (Å²) in [5.41, 5.74) is 0.709. The van der Waals surface area contributed by atoms with Crippen molar-refractivity contribution >= 4 is 17.7 Å². The predicted molar refractivity (Wildman–Crippen MR) is 85.0 cm³/mol. The Morgan fingerprint density at radius 3 is 2.81 bits per heavy atom. The molecule has 0 saturated carbocycles. The van der Waals surface area contributed by atoms with E-state index in [1.54, 1.807) is 17.8 Å². The maximum absolute atomic E-state index is 13.8. The minimum absolute atomic E-state index is 0.0256. The van der Waals surface area contributed by atoms with Gasteiger partial charge in [-0.2, -0.15) is 0 Å². The number of benzene rings is 1. The zero-order chi connectivity index (χ0) is 15.6. The Bertz CT molecular complexity index is 527. The molecule has 0 aliphatic carbocycles. The van der Waals surface area contributed by atoms with Crippen LogP contribution in [0.3, 0.4) is 0 Å². The number of rotatable bonds is 3. The van der Waals surface area contributed by atoms with Gasteiger partial charge in [0.2, 0.25) is 5.91 Å². The SMILES string of the molecule is CC(NC1CCSc2c(F)cccc21)C(=O)NC(C)(C)C. The number of hydrogen-bond acceptors (Lipinski definition) is 3. The molecular formula is C16H23FN2OS. The Labute approximate surface area is 130 Å². The van der Waals surface area contributed by atoms with Crippen molar-refractivity contribution in [1.29, 1.82) is 0 Å². The minimum atomic E-state index is -0.312. The lowest BCUT2D eigenvalue weighted by Crippen LogP contribution is -2.50. The first kappa shape index (κ1) is 16.3. The van der Waals surface area contributed by atoms with E-state index in [1.165, 1.54) is 6.07 Å². The van der Waals surface area contributed by atoms with E-state index in [9.17, 15) is 9.18 Å². The first-order valence-corrected chi connectivity index (χ1v) is 8.26. The van der Waals surface area contributed by atoms with E-state index in [0.29, 0.717) is 4.90 Å². The van der Waals surface area contributed by atoms with Crippen LogP contribution in [0.15, 0.2) is 23.1 Å². The number of thioether (sulfide) groups is 1. The number of carbonyl (C=O) groups is 1. The molecule has 0 spiro atoms. The third kappa shape index (κ3) is 4.20. The van der Waals surface area contributed by atoms with Gasteiger partial charge in [0.05, 0.1) is 6.04 Å². The number of nitrogens with one attached hydrogen (secondary N) is 2.